The van der Waals surface area contributed by atoms with E-state index in [9.17, 15) is 13.2 Å². The molecule has 0 unspecified atom stereocenters. The van der Waals surface area contributed by atoms with Gasteiger partial charge in [0.15, 0.2) is 0 Å². The van der Waals surface area contributed by atoms with Crippen LogP contribution in [0.3, 0.4) is 0 Å². The monoisotopic (exact) mass is 359 g/mol. The first kappa shape index (κ1) is 18.0. The number of amides is 1. The minimum Gasteiger partial charge on any atom is -0.338 e. The molecule has 0 saturated carbocycles. The summed E-state index contributed by atoms with van der Waals surface area (Å²) >= 11 is 5.86. The number of hydrogen-bond donors (Lipinski definition) is 0. The lowest BCUT2D eigenvalue weighted by atomic mass is 10.2. The van der Waals surface area contributed by atoms with Gasteiger partial charge in [-0.2, -0.15) is 0 Å². The van der Waals surface area contributed by atoms with Gasteiger partial charge in [0, 0.05) is 31.2 Å². The van der Waals surface area contributed by atoms with E-state index in [1.807, 2.05) is 7.05 Å². The molecular formula is C15H22ClN3O3S. The molecule has 1 amide bonds. The van der Waals surface area contributed by atoms with E-state index in [1.54, 1.807) is 36.1 Å². The third kappa shape index (κ3) is 4.37. The van der Waals surface area contributed by atoms with Crippen molar-refractivity contribution in [1.82, 2.24) is 9.80 Å². The Kier molecular flexibility index (Phi) is 5.54. The van der Waals surface area contributed by atoms with Crippen molar-refractivity contribution in [2.45, 2.75) is 13.0 Å². The van der Waals surface area contributed by atoms with Gasteiger partial charge in [0.1, 0.15) is 6.04 Å². The third-order valence-corrected chi connectivity index (χ3v) is 5.46. The van der Waals surface area contributed by atoms with Crippen molar-refractivity contribution in [2.24, 2.45) is 0 Å². The zero-order valence-electron chi connectivity index (χ0n) is 13.6. The SMILES string of the molecule is C[C@H](C(=O)N1CCN(C)CC1)N(c1ccc(Cl)cc1)S(C)(=O)=O. The molecule has 8 heteroatoms. The number of carbonyl (C=O) groups excluding carboxylic acids is 1. The van der Waals surface area contributed by atoms with Crippen LogP contribution in [0.1, 0.15) is 6.92 Å². The Hall–Kier alpha value is -1.31. The van der Waals surface area contributed by atoms with Crippen molar-refractivity contribution >= 4 is 33.2 Å². The Balaban J connectivity index is 2.25. The Labute approximate surface area is 142 Å². The predicted molar refractivity (Wildman–Crippen MR) is 92.3 cm³/mol. The zero-order chi connectivity index (χ0) is 17.2. The Morgan fingerprint density at radius 1 is 1.17 bits per heavy atom. The number of halogens is 1. The fraction of sp³-hybridized carbons (Fsp3) is 0.533. The first-order valence-electron chi connectivity index (χ1n) is 7.42. The lowest BCUT2D eigenvalue weighted by Gasteiger charge is -2.36. The van der Waals surface area contributed by atoms with Gasteiger partial charge in [-0.1, -0.05) is 11.6 Å². The Morgan fingerprint density at radius 3 is 2.17 bits per heavy atom. The summed E-state index contributed by atoms with van der Waals surface area (Å²) in [7, 11) is -1.59. The molecular weight excluding hydrogens is 338 g/mol. The highest BCUT2D eigenvalue weighted by molar-refractivity contribution is 7.92. The van der Waals surface area contributed by atoms with Crippen molar-refractivity contribution < 1.29 is 13.2 Å². The average molecular weight is 360 g/mol. The first-order valence-corrected chi connectivity index (χ1v) is 9.65. The molecule has 1 aromatic rings. The van der Waals surface area contributed by atoms with Crippen LogP contribution in [0.4, 0.5) is 5.69 Å². The van der Waals surface area contributed by atoms with Gasteiger partial charge in [0.2, 0.25) is 15.9 Å². The summed E-state index contributed by atoms with van der Waals surface area (Å²) in [5, 5.41) is 0.514. The number of nitrogens with zero attached hydrogens (tertiary/aromatic N) is 3. The van der Waals surface area contributed by atoms with Crippen molar-refractivity contribution in [2.75, 3.05) is 43.8 Å². The van der Waals surface area contributed by atoms with Crippen LogP contribution in [0.25, 0.3) is 0 Å². The fourth-order valence-electron chi connectivity index (χ4n) is 2.68. The number of anilines is 1. The maximum atomic E-state index is 12.7. The largest absolute Gasteiger partial charge is 0.338 e. The van der Waals surface area contributed by atoms with Gasteiger partial charge in [-0.25, -0.2) is 8.42 Å². The molecule has 2 rings (SSSR count). The molecule has 6 nitrogen and oxygen atoms in total. The van der Waals surface area contributed by atoms with Crippen LogP contribution in [0.2, 0.25) is 5.02 Å². The Bertz CT molecular complexity index is 655. The van der Waals surface area contributed by atoms with E-state index in [0.29, 0.717) is 23.8 Å². The van der Waals surface area contributed by atoms with E-state index in [0.717, 1.165) is 23.7 Å². The number of carbonyl (C=O) groups is 1. The minimum atomic E-state index is -3.59. The van der Waals surface area contributed by atoms with Crippen LogP contribution < -0.4 is 4.31 Å². The molecule has 0 bridgehead atoms. The molecule has 0 aliphatic carbocycles. The second-order valence-corrected chi connectivity index (χ2v) is 8.14. The highest BCUT2D eigenvalue weighted by Gasteiger charge is 2.32. The van der Waals surface area contributed by atoms with Gasteiger partial charge in [0.25, 0.3) is 0 Å². The van der Waals surface area contributed by atoms with Crippen molar-refractivity contribution in [3.05, 3.63) is 29.3 Å². The number of sulfonamides is 1. The summed E-state index contributed by atoms with van der Waals surface area (Å²) in [6.07, 6.45) is 1.11. The standard InChI is InChI=1S/C15H22ClN3O3S/c1-12(15(20)18-10-8-17(2)9-11-18)19(23(3,21)22)14-6-4-13(16)5-7-14/h4-7,12H,8-11H2,1-3H3/t12-/m1/s1. The summed E-state index contributed by atoms with van der Waals surface area (Å²) < 4.78 is 25.6. The summed E-state index contributed by atoms with van der Waals surface area (Å²) in [6, 6.07) is 5.65. The van der Waals surface area contributed by atoms with Crippen LogP contribution in [0.15, 0.2) is 24.3 Å². The van der Waals surface area contributed by atoms with Gasteiger partial charge in [-0.15, -0.1) is 0 Å². The van der Waals surface area contributed by atoms with Crippen LogP contribution in [-0.2, 0) is 14.8 Å². The molecule has 1 aliphatic heterocycles. The number of benzene rings is 1. The maximum absolute atomic E-state index is 12.7. The number of likely N-dealkylation sites (N-methyl/N-ethyl adjacent to an activating group) is 1. The van der Waals surface area contributed by atoms with Gasteiger partial charge < -0.3 is 9.80 Å². The summed E-state index contributed by atoms with van der Waals surface area (Å²) in [6.45, 7) is 4.42. The number of hydrogen-bond acceptors (Lipinski definition) is 4. The summed E-state index contributed by atoms with van der Waals surface area (Å²) in [4.78, 5) is 16.6. The van der Waals surface area contributed by atoms with Crippen LogP contribution in [-0.4, -0.2) is 69.6 Å². The van der Waals surface area contributed by atoms with E-state index in [-0.39, 0.29) is 5.91 Å². The molecule has 1 saturated heterocycles. The summed E-state index contributed by atoms with van der Waals surface area (Å²) in [5.74, 6) is -0.182. The maximum Gasteiger partial charge on any atom is 0.246 e. The molecule has 1 fully saturated rings. The van der Waals surface area contributed by atoms with Crippen LogP contribution >= 0.6 is 11.6 Å². The fourth-order valence-corrected chi connectivity index (χ4v) is 3.98. The second-order valence-electron chi connectivity index (χ2n) is 5.84. The average Bonchev–Trinajstić information content (AvgIpc) is 2.48. The van der Waals surface area contributed by atoms with E-state index < -0.39 is 16.1 Å². The number of rotatable bonds is 4. The molecule has 0 radical (unpaired) electrons. The van der Waals surface area contributed by atoms with Crippen molar-refractivity contribution in [3.63, 3.8) is 0 Å². The van der Waals surface area contributed by atoms with Crippen molar-refractivity contribution in [1.29, 1.82) is 0 Å². The van der Waals surface area contributed by atoms with E-state index >= 15 is 0 Å². The minimum absolute atomic E-state index is 0.182. The van der Waals surface area contributed by atoms with Gasteiger partial charge >= 0.3 is 0 Å². The van der Waals surface area contributed by atoms with E-state index in [1.165, 1.54) is 0 Å². The highest BCUT2D eigenvalue weighted by atomic mass is 35.5. The molecule has 23 heavy (non-hydrogen) atoms. The molecule has 1 atom stereocenters. The molecule has 1 heterocycles. The number of piperazine rings is 1. The predicted octanol–water partition coefficient (Wildman–Crippen LogP) is 1.27. The normalized spacial score (nSPS) is 17.8. The van der Waals surface area contributed by atoms with Gasteiger partial charge in [0.05, 0.1) is 11.9 Å². The lowest BCUT2D eigenvalue weighted by molar-refractivity contribution is -0.133. The van der Waals surface area contributed by atoms with Crippen LogP contribution in [0, 0.1) is 0 Å². The zero-order valence-corrected chi connectivity index (χ0v) is 15.1. The second kappa shape index (κ2) is 7.07. The van der Waals surface area contributed by atoms with E-state index in [4.69, 9.17) is 11.6 Å². The molecule has 0 spiro atoms. The smallest absolute Gasteiger partial charge is 0.246 e. The molecule has 1 aliphatic rings. The molecule has 0 aromatic heterocycles. The quantitative estimate of drug-likeness (QED) is 0.812. The third-order valence-electron chi connectivity index (χ3n) is 3.96. The summed E-state index contributed by atoms with van der Waals surface area (Å²) in [5.41, 5.74) is 0.437. The van der Waals surface area contributed by atoms with Gasteiger partial charge in [-0.05, 0) is 38.2 Å². The Morgan fingerprint density at radius 2 is 1.70 bits per heavy atom. The highest BCUT2D eigenvalue weighted by Crippen LogP contribution is 2.24. The van der Waals surface area contributed by atoms with Crippen LogP contribution in [0.5, 0.6) is 0 Å². The lowest BCUT2D eigenvalue weighted by Crippen LogP contribution is -2.54. The van der Waals surface area contributed by atoms with E-state index in [2.05, 4.69) is 4.90 Å². The molecule has 0 N–H and O–H groups in total. The topological polar surface area (TPSA) is 60.9 Å². The molecule has 128 valence electrons. The van der Waals surface area contributed by atoms with Crippen molar-refractivity contribution in [3.8, 4) is 0 Å². The van der Waals surface area contributed by atoms with Gasteiger partial charge in [-0.3, -0.25) is 9.10 Å². The first-order chi connectivity index (χ1) is 10.7. The molecule has 1 aromatic carbocycles.